The van der Waals surface area contributed by atoms with Gasteiger partial charge in [-0.25, -0.2) is 0 Å². The molecule has 0 bridgehead atoms. The Morgan fingerprint density at radius 3 is 2.24 bits per heavy atom. The minimum Gasteiger partial charge on any atom is -0.508 e. The number of phenolic OH excluding ortho intramolecular Hbond substituents is 1. The highest BCUT2D eigenvalue weighted by atomic mass is 79.9. The molecule has 4 aliphatic rings. The number of nitrogens with zero attached hydrogens (tertiary/aromatic N) is 2. The quantitative estimate of drug-likeness (QED) is 0.244. The third-order valence-corrected chi connectivity index (χ3v) is 10.2. The van der Waals surface area contributed by atoms with Crippen LogP contribution in [0.2, 0.25) is 0 Å². The van der Waals surface area contributed by atoms with Gasteiger partial charge in [-0.2, -0.15) is 0 Å². The summed E-state index contributed by atoms with van der Waals surface area (Å²) in [5.41, 5.74) is 1.71. The highest BCUT2D eigenvalue weighted by Gasteiger charge is 2.76. The van der Waals surface area contributed by atoms with Gasteiger partial charge in [0.25, 0.3) is 11.8 Å². The molecule has 0 aromatic heterocycles. The van der Waals surface area contributed by atoms with Crippen LogP contribution in [-0.2, 0) is 19.2 Å². The maximum Gasteiger partial charge on any atom is 0.254 e. The number of hydrogen-bond acceptors (Lipinski definition) is 5. The molecule has 7 nitrogen and oxygen atoms in total. The highest BCUT2D eigenvalue weighted by Crippen LogP contribution is 2.65. The molecule has 190 valence electrons. The van der Waals surface area contributed by atoms with Crippen molar-refractivity contribution in [1.82, 2.24) is 4.90 Å². The lowest BCUT2D eigenvalue weighted by Gasteiger charge is -2.50. The third-order valence-electron chi connectivity index (χ3n) is 8.26. The SMILES string of the molecule is O=C1[C@H]2[C@H](CC=C3[C@H]2C[C@@]2(Cl)C(=O)N(CBr)C(=O)[C@@]2(Cl)[C@H]3c2ccc(O)cc2)C(=O)N1c1ccccc1. The number of hydrogen-bond donors (Lipinski definition) is 1. The van der Waals surface area contributed by atoms with Crippen LogP contribution < -0.4 is 4.90 Å². The summed E-state index contributed by atoms with van der Waals surface area (Å²) in [4.78, 5) is 53.1. The number of likely N-dealkylation sites (tertiary alicyclic amines) is 1. The topological polar surface area (TPSA) is 95.0 Å². The van der Waals surface area contributed by atoms with Crippen molar-refractivity contribution in [2.24, 2.45) is 17.8 Å². The Labute approximate surface area is 231 Å². The molecule has 0 unspecified atom stereocenters. The van der Waals surface area contributed by atoms with Crippen LogP contribution in [0, 0.1) is 17.8 Å². The van der Waals surface area contributed by atoms with E-state index >= 15 is 0 Å². The van der Waals surface area contributed by atoms with Gasteiger partial charge in [-0.15, -0.1) is 23.2 Å². The van der Waals surface area contributed by atoms with E-state index in [1.54, 1.807) is 42.5 Å². The van der Waals surface area contributed by atoms with Gasteiger partial charge in [0, 0.05) is 5.92 Å². The van der Waals surface area contributed by atoms with Gasteiger partial charge in [0.05, 0.1) is 23.0 Å². The summed E-state index contributed by atoms with van der Waals surface area (Å²) in [7, 11) is 0. The van der Waals surface area contributed by atoms with Crippen LogP contribution in [0.15, 0.2) is 66.2 Å². The van der Waals surface area contributed by atoms with Gasteiger partial charge in [0.2, 0.25) is 11.8 Å². The standard InChI is InChI=1S/C27H21BrCl2N2O5/c28-13-31-24(36)26(29)12-19-17(21(27(26,30)25(31)37)14-6-8-16(33)9-7-14)10-11-18-20(19)23(35)32(22(18)34)15-4-2-1-3-5-15/h1-10,18-21,33H,11-13H2/t18-,19+,20-,21-,26+,27-/m0/s1. The van der Waals surface area contributed by atoms with E-state index < -0.39 is 45.2 Å². The van der Waals surface area contributed by atoms with Gasteiger partial charge >= 0.3 is 0 Å². The second kappa shape index (κ2) is 8.41. The number of alkyl halides is 3. The van der Waals surface area contributed by atoms with Crippen molar-refractivity contribution in [2.75, 3.05) is 10.4 Å². The van der Waals surface area contributed by atoms with Gasteiger partial charge in [-0.3, -0.25) is 29.0 Å². The molecule has 0 spiro atoms. The van der Waals surface area contributed by atoms with Crippen LogP contribution in [0.4, 0.5) is 5.69 Å². The Kier molecular flexibility index (Phi) is 5.60. The number of carbonyl (C=O) groups is 4. The number of benzene rings is 2. The summed E-state index contributed by atoms with van der Waals surface area (Å²) in [5.74, 6) is -4.65. The molecular weight excluding hydrogens is 583 g/mol. The number of amides is 4. The lowest BCUT2D eigenvalue weighted by atomic mass is 9.56. The summed E-state index contributed by atoms with van der Waals surface area (Å²) in [6, 6.07) is 15.0. The normalized spacial score (nSPS) is 34.8. The van der Waals surface area contributed by atoms with Crippen LogP contribution >= 0.6 is 39.1 Å². The molecule has 1 saturated carbocycles. The molecule has 37 heavy (non-hydrogen) atoms. The summed E-state index contributed by atoms with van der Waals surface area (Å²) >= 11 is 17.5. The Morgan fingerprint density at radius 2 is 1.59 bits per heavy atom. The number of aromatic hydroxyl groups is 1. The Morgan fingerprint density at radius 1 is 0.919 bits per heavy atom. The number of rotatable bonds is 3. The van der Waals surface area contributed by atoms with Crippen molar-refractivity contribution in [3.63, 3.8) is 0 Å². The van der Waals surface area contributed by atoms with Crippen LogP contribution in [-0.4, -0.2) is 48.8 Å². The van der Waals surface area contributed by atoms with Crippen LogP contribution in [0.1, 0.15) is 24.3 Å². The Bertz CT molecular complexity index is 1380. The summed E-state index contributed by atoms with van der Waals surface area (Å²) in [6.07, 6.45) is 2.12. The predicted molar refractivity (Wildman–Crippen MR) is 140 cm³/mol. The molecule has 10 heteroatoms. The number of phenols is 1. The van der Waals surface area contributed by atoms with E-state index in [2.05, 4.69) is 15.9 Å². The number of allylic oxidation sites excluding steroid dienone is 2. The number of anilines is 1. The van der Waals surface area contributed by atoms with E-state index in [9.17, 15) is 24.3 Å². The largest absolute Gasteiger partial charge is 0.508 e. The van der Waals surface area contributed by atoms with Gasteiger partial charge in [0.15, 0.2) is 9.75 Å². The molecule has 2 aromatic rings. The van der Waals surface area contributed by atoms with Crippen molar-refractivity contribution in [1.29, 1.82) is 0 Å². The molecule has 2 saturated heterocycles. The zero-order valence-electron chi connectivity index (χ0n) is 19.3. The van der Waals surface area contributed by atoms with Gasteiger partial charge in [-0.05, 0) is 48.6 Å². The van der Waals surface area contributed by atoms with Gasteiger partial charge in [-0.1, -0.05) is 57.9 Å². The molecule has 2 aliphatic carbocycles. The fourth-order valence-electron chi connectivity index (χ4n) is 6.63. The third kappa shape index (κ3) is 3.12. The van der Waals surface area contributed by atoms with E-state index in [1.807, 2.05) is 6.08 Å². The average molecular weight is 604 g/mol. The maximum atomic E-state index is 13.8. The molecule has 2 aliphatic heterocycles. The first-order valence-electron chi connectivity index (χ1n) is 11.9. The van der Waals surface area contributed by atoms with Crippen molar-refractivity contribution < 1.29 is 24.3 Å². The Balaban J connectivity index is 1.52. The predicted octanol–water partition coefficient (Wildman–Crippen LogP) is 4.31. The molecule has 6 atom stereocenters. The van der Waals surface area contributed by atoms with Gasteiger partial charge < -0.3 is 5.11 Å². The Hall–Kier alpha value is -2.68. The number of imide groups is 2. The van der Waals surface area contributed by atoms with Crippen LogP contribution in [0.25, 0.3) is 0 Å². The minimum absolute atomic E-state index is 0.0283. The molecule has 4 amide bonds. The number of carbonyl (C=O) groups excluding carboxylic acids is 4. The van der Waals surface area contributed by atoms with Crippen molar-refractivity contribution in [3.8, 4) is 5.75 Å². The first-order chi connectivity index (χ1) is 17.6. The van der Waals surface area contributed by atoms with E-state index in [0.717, 1.165) is 4.90 Å². The average Bonchev–Trinajstić information content (AvgIpc) is 3.23. The first-order valence-corrected chi connectivity index (χ1v) is 13.7. The number of para-hydroxylation sites is 1. The monoisotopic (exact) mass is 602 g/mol. The number of fused-ring (bicyclic) bond motifs is 4. The van der Waals surface area contributed by atoms with Crippen LogP contribution in [0.5, 0.6) is 5.75 Å². The lowest BCUT2D eigenvalue weighted by molar-refractivity contribution is -0.138. The fraction of sp³-hybridized carbons (Fsp3) is 0.333. The molecular formula is C27H21BrCl2N2O5. The number of halogens is 3. The zero-order chi connectivity index (χ0) is 26.3. The van der Waals surface area contributed by atoms with E-state index in [-0.39, 0.29) is 29.4 Å². The van der Waals surface area contributed by atoms with E-state index in [1.165, 1.54) is 17.0 Å². The summed E-state index contributed by atoms with van der Waals surface area (Å²) < 4.78 is 0. The lowest BCUT2D eigenvalue weighted by Crippen LogP contribution is -2.60. The van der Waals surface area contributed by atoms with Crippen molar-refractivity contribution in [2.45, 2.75) is 28.5 Å². The van der Waals surface area contributed by atoms with Gasteiger partial charge in [0.1, 0.15) is 5.75 Å². The fourth-order valence-corrected chi connectivity index (χ4v) is 8.05. The highest BCUT2D eigenvalue weighted by molar-refractivity contribution is 9.09. The molecule has 1 N–H and O–H groups in total. The summed E-state index contributed by atoms with van der Waals surface area (Å²) in [6.45, 7) is 0. The van der Waals surface area contributed by atoms with E-state index in [0.29, 0.717) is 23.2 Å². The molecule has 2 aromatic carbocycles. The van der Waals surface area contributed by atoms with Crippen molar-refractivity contribution in [3.05, 3.63) is 71.8 Å². The first kappa shape index (κ1) is 24.6. The molecule has 3 fully saturated rings. The molecule has 2 heterocycles. The maximum absolute atomic E-state index is 13.8. The van der Waals surface area contributed by atoms with Crippen molar-refractivity contribution >= 4 is 68.4 Å². The molecule has 6 rings (SSSR count). The smallest absolute Gasteiger partial charge is 0.254 e. The minimum atomic E-state index is -1.85. The second-order valence-corrected chi connectivity index (χ2v) is 11.7. The van der Waals surface area contributed by atoms with E-state index in [4.69, 9.17) is 23.2 Å². The summed E-state index contributed by atoms with van der Waals surface area (Å²) in [5, 5.41) is 9.89. The molecule has 0 radical (unpaired) electrons. The zero-order valence-corrected chi connectivity index (χ0v) is 22.4. The van der Waals surface area contributed by atoms with Crippen LogP contribution in [0.3, 0.4) is 0 Å². The second-order valence-electron chi connectivity index (χ2n) is 9.93.